The van der Waals surface area contributed by atoms with Crippen LogP contribution in [-0.4, -0.2) is 33.4 Å². The van der Waals surface area contributed by atoms with Gasteiger partial charge in [-0.05, 0) is 38.7 Å². The number of halogens is 1. The van der Waals surface area contributed by atoms with Crippen LogP contribution in [0.25, 0.3) is 10.3 Å². The van der Waals surface area contributed by atoms with Crippen LogP contribution in [0.2, 0.25) is 0 Å². The number of nitrogens with one attached hydrogen (secondary N) is 2. The molecular formula is C21H24FN5O2S. The van der Waals surface area contributed by atoms with Gasteiger partial charge in [0.25, 0.3) is 5.56 Å². The Bertz CT molecular complexity index is 1110. The number of anilines is 1. The maximum Gasteiger partial charge on any atom is 0.278 e. The average molecular weight is 430 g/mol. The van der Waals surface area contributed by atoms with E-state index in [0.717, 1.165) is 18.4 Å². The normalized spacial score (nSPS) is 17.3. The van der Waals surface area contributed by atoms with Crippen molar-refractivity contribution in [2.75, 3.05) is 11.4 Å². The molecule has 0 bridgehead atoms. The molecule has 0 aliphatic carbocycles. The third-order valence-electron chi connectivity index (χ3n) is 5.18. The molecule has 0 unspecified atom stereocenters. The summed E-state index contributed by atoms with van der Waals surface area (Å²) in [7, 11) is 0. The Morgan fingerprint density at radius 1 is 1.30 bits per heavy atom. The minimum absolute atomic E-state index is 0.0222. The van der Waals surface area contributed by atoms with Gasteiger partial charge >= 0.3 is 0 Å². The number of H-pyrrole nitrogens is 1. The van der Waals surface area contributed by atoms with E-state index in [-0.39, 0.29) is 23.3 Å². The molecule has 0 spiro atoms. The summed E-state index contributed by atoms with van der Waals surface area (Å²) >= 11 is 1.22. The number of nitrogens with zero attached hydrogens (tertiary/aromatic N) is 3. The number of carbonyl (C=O) groups excluding carboxylic acids is 1. The monoisotopic (exact) mass is 429 g/mol. The zero-order chi connectivity index (χ0) is 21.3. The van der Waals surface area contributed by atoms with Gasteiger partial charge in [-0.1, -0.05) is 41.7 Å². The van der Waals surface area contributed by atoms with E-state index in [9.17, 15) is 14.0 Å². The summed E-state index contributed by atoms with van der Waals surface area (Å²) in [5, 5.41) is 3.57. The largest absolute Gasteiger partial charge is 0.350 e. The maximum absolute atomic E-state index is 14.3. The van der Waals surface area contributed by atoms with E-state index in [0.29, 0.717) is 29.5 Å². The number of amides is 1. The quantitative estimate of drug-likeness (QED) is 0.650. The predicted octanol–water partition coefficient (Wildman–Crippen LogP) is 3.26. The Morgan fingerprint density at radius 3 is 2.80 bits per heavy atom. The lowest BCUT2D eigenvalue weighted by Gasteiger charge is -2.34. The number of hydrogen-bond donors (Lipinski definition) is 2. The molecule has 1 aliphatic rings. The summed E-state index contributed by atoms with van der Waals surface area (Å²) in [6.07, 6.45) is 2.60. The summed E-state index contributed by atoms with van der Waals surface area (Å²) in [5.41, 5.74) is -1.02. The molecule has 2 N–H and O–H groups in total. The molecule has 7 nitrogen and oxygen atoms in total. The Labute approximate surface area is 177 Å². The highest BCUT2D eigenvalue weighted by atomic mass is 32.1. The number of thiazole rings is 1. The van der Waals surface area contributed by atoms with Gasteiger partial charge in [0.1, 0.15) is 11.9 Å². The fourth-order valence-corrected chi connectivity index (χ4v) is 4.58. The highest BCUT2D eigenvalue weighted by Crippen LogP contribution is 2.32. The Hall–Kier alpha value is -2.81. The first-order valence-corrected chi connectivity index (χ1v) is 10.8. The van der Waals surface area contributed by atoms with E-state index in [1.165, 1.54) is 25.2 Å². The molecule has 1 saturated heterocycles. The lowest BCUT2D eigenvalue weighted by molar-refractivity contribution is -0.123. The van der Waals surface area contributed by atoms with Gasteiger partial charge in [-0.25, -0.2) is 14.4 Å². The second kappa shape index (κ2) is 8.14. The summed E-state index contributed by atoms with van der Waals surface area (Å²) in [5.74, 6) is -0.0868. The van der Waals surface area contributed by atoms with E-state index < -0.39 is 11.2 Å². The van der Waals surface area contributed by atoms with Crippen LogP contribution in [0.15, 0.2) is 35.1 Å². The smallest absolute Gasteiger partial charge is 0.278 e. The van der Waals surface area contributed by atoms with Crippen LogP contribution >= 0.6 is 11.3 Å². The number of alkyl halides is 1. The van der Waals surface area contributed by atoms with Gasteiger partial charge in [0, 0.05) is 13.1 Å². The molecular weight excluding hydrogens is 405 g/mol. The van der Waals surface area contributed by atoms with Crippen molar-refractivity contribution in [1.82, 2.24) is 20.3 Å². The molecule has 30 heavy (non-hydrogen) atoms. The predicted molar refractivity (Wildman–Crippen MR) is 115 cm³/mol. The second-order valence-electron chi connectivity index (χ2n) is 7.95. The molecule has 0 radical (unpaired) electrons. The molecule has 3 aromatic rings. The number of rotatable bonds is 5. The standard InChI is InChI=1S/C21H24FN5O2S/c1-21(2,22)19-25-17(29)15-18(26-19)30-20(24-15)27-11-7-6-10-14(27)16(28)23-12-13-8-4-3-5-9-13/h3-5,8-9,14H,6-7,10-12H2,1-2H3,(H,23,28)(H,25,26,29)/t14-/m1/s1. The van der Waals surface area contributed by atoms with Gasteiger partial charge in [-0.2, -0.15) is 0 Å². The average Bonchev–Trinajstić information content (AvgIpc) is 3.17. The number of piperidine rings is 1. The molecule has 1 fully saturated rings. The zero-order valence-electron chi connectivity index (χ0n) is 16.9. The van der Waals surface area contributed by atoms with E-state index in [1.807, 2.05) is 35.2 Å². The molecule has 4 rings (SSSR count). The molecule has 2 aromatic heterocycles. The van der Waals surface area contributed by atoms with Gasteiger partial charge in [0.05, 0.1) is 0 Å². The molecule has 1 atom stereocenters. The summed E-state index contributed by atoms with van der Waals surface area (Å²) < 4.78 is 14.3. The number of carbonyl (C=O) groups is 1. The second-order valence-corrected chi connectivity index (χ2v) is 8.90. The lowest BCUT2D eigenvalue weighted by atomic mass is 10.0. The minimum atomic E-state index is -1.76. The fourth-order valence-electron chi connectivity index (χ4n) is 3.56. The first kappa shape index (κ1) is 20.5. The molecule has 9 heteroatoms. The topological polar surface area (TPSA) is 91.0 Å². The fraction of sp³-hybridized carbons (Fsp3) is 0.429. The van der Waals surface area contributed by atoms with Crippen molar-refractivity contribution in [2.24, 2.45) is 0 Å². The van der Waals surface area contributed by atoms with Crippen molar-refractivity contribution in [3.63, 3.8) is 0 Å². The van der Waals surface area contributed by atoms with Crippen molar-refractivity contribution in [1.29, 1.82) is 0 Å². The van der Waals surface area contributed by atoms with E-state index >= 15 is 0 Å². The van der Waals surface area contributed by atoms with Crippen LogP contribution in [0.1, 0.15) is 44.5 Å². The van der Waals surface area contributed by atoms with Gasteiger partial charge in [0.2, 0.25) is 5.91 Å². The number of aromatic amines is 1. The van der Waals surface area contributed by atoms with Gasteiger partial charge in [-0.3, -0.25) is 9.59 Å². The third kappa shape index (κ3) is 4.21. The minimum Gasteiger partial charge on any atom is -0.350 e. The van der Waals surface area contributed by atoms with E-state index in [2.05, 4.69) is 20.3 Å². The van der Waals surface area contributed by atoms with E-state index in [4.69, 9.17) is 0 Å². The van der Waals surface area contributed by atoms with Crippen LogP contribution in [-0.2, 0) is 17.0 Å². The van der Waals surface area contributed by atoms with Crippen LogP contribution in [0, 0.1) is 0 Å². The van der Waals surface area contributed by atoms with E-state index in [1.54, 1.807) is 0 Å². The Morgan fingerprint density at radius 2 is 2.07 bits per heavy atom. The molecule has 0 saturated carbocycles. The highest BCUT2D eigenvalue weighted by Gasteiger charge is 2.32. The molecule has 3 heterocycles. The zero-order valence-corrected chi connectivity index (χ0v) is 17.8. The summed E-state index contributed by atoms with van der Waals surface area (Å²) in [6, 6.07) is 9.38. The van der Waals surface area contributed by atoms with Gasteiger partial charge in [0.15, 0.2) is 21.1 Å². The lowest BCUT2D eigenvalue weighted by Crippen LogP contribution is -2.49. The number of fused-ring (bicyclic) bond motifs is 1. The first-order chi connectivity index (χ1) is 14.3. The Balaban J connectivity index is 1.59. The number of hydrogen-bond acceptors (Lipinski definition) is 6. The molecule has 158 valence electrons. The summed E-state index contributed by atoms with van der Waals surface area (Å²) in [4.78, 5) is 38.8. The van der Waals surface area contributed by atoms with Gasteiger partial charge in [-0.15, -0.1) is 0 Å². The van der Waals surface area contributed by atoms with Crippen LogP contribution in [0.3, 0.4) is 0 Å². The maximum atomic E-state index is 14.3. The number of benzene rings is 1. The van der Waals surface area contributed by atoms with Crippen molar-refractivity contribution in [2.45, 2.75) is 51.4 Å². The van der Waals surface area contributed by atoms with Crippen molar-refractivity contribution < 1.29 is 9.18 Å². The molecule has 1 aliphatic heterocycles. The Kier molecular flexibility index (Phi) is 5.55. The van der Waals surface area contributed by atoms with Gasteiger partial charge < -0.3 is 15.2 Å². The van der Waals surface area contributed by atoms with Crippen LogP contribution in [0.5, 0.6) is 0 Å². The highest BCUT2D eigenvalue weighted by molar-refractivity contribution is 7.21. The first-order valence-electron chi connectivity index (χ1n) is 10.0. The number of aromatic nitrogens is 3. The van der Waals surface area contributed by atoms with Crippen molar-refractivity contribution in [3.8, 4) is 0 Å². The SMILES string of the molecule is CC(C)(F)c1nc2sc(N3CCCC[C@@H]3C(=O)NCc3ccccc3)nc2c(=O)[nH]1. The van der Waals surface area contributed by atoms with Crippen LogP contribution < -0.4 is 15.8 Å². The molecule has 1 aromatic carbocycles. The third-order valence-corrected chi connectivity index (χ3v) is 6.17. The summed E-state index contributed by atoms with van der Waals surface area (Å²) in [6.45, 7) is 3.82. The molecule has 1 amide bonds. The van der Waals surface area contributed by atoms with Crippen molar-refractivity contribution >= 4 is 32.7 Å². The van der Waals surface area contributed by atoms with Crippen LogP contribution in [0.4, 0.5) is 9.52 Å². The van der Waals surface area contributed by atoms with Crippen molar-refractivity contribution in [3.05, 3.63) is 52.1 Å².